The Bertz CT molecular complexity index is 284. The summed E-state index contributed by atoms with van der Waals surface area (Å²) in [6.07, 6.45) is 0. The average molecular weight is 179 g/mol. The molecule has 0 radical (unpaired) electrons. The van der Waals surface area contributed by atoms with Crippen molar-refractivity contribution in [1.82, 2.24) is 10.3 Å². The van der Waals surface area contributed by atoms with Crippen LogP contribution < -0.4 is 11.1 Å². The van der Waals surface area contributed by atoms with E-state index in [-0.39, 0.29) is 6.04 Å². The first-order valence-electron chi connectivity index (χ1n) is 4.40. The van der Waals surface area contributed by atoms with Crippen LogP contribution in [0, 0.1) is 0 Å². The fraction of sp³-hybridized carbons (Fsp3) is 0.444. The molecule has 0 saturated carbocycles. The highest BCUT2D eigenvalue weighted by molar-refractivity contribution is 5.29. The number of rotatable bonds is 1. The van der Waals surface area contributed by atoms with Crippen molar-refractivity contribution in [3.8, 4) is 0 Å². The summed E-state index contributed by atoms with van der Waals surface area (Å²) in [6, 6.07) is 5.85. The highest BCUT2D eigenvalue weighted by Crippen LogP contribution is 2.13. The van der Waals surface area contributed by atoms with Gasteiger partial charge in [-0.1, -0.05) is 6.07 Å². The van der Waals surface area contributed by atoms with Crippen LogP contribution in [0.1, 0.15) is 11.7 Å². The Kier molecular flexibility index (Phi) is 2.42. The molecule has 1 saturated heterocycles. The topological polar surface area (TPSA) is 60.2 Å². The normalized spacial score (nSPS) is 22.9. The van der Waals surface area contributed by atoms with Gasteiger partial charge in [0.15, 0.2) is 0 Å². The lowest BCUT2D eigenvalue weighted by molar-refractivity contribution is 0.0756. The Labute approximate surface area is 77.1 Å². The third-order valence-corrected chi connectivity index (χ3v) is 2.07. The highest BCUT2D eigenvalue weighted by Gasteiger charge is 2.15. The minimum absolute atomic E-state index is 0.192. The lowest BCUT2D eigenvalue weighted by Crippen LogP contribution is -2.35. The van der Waals surface area contributed by atoms with Crippen molar-refractivity contribution in [2.24, 2.45) is 0 Å². The summed E-state index contributed by atoms with van der Waals surface area (Å²) in [5, 5.41) is 3.32. The summed E-state index contributed by atoms with van der Waals surface area (Å²) in [5.74, 6) is 0.560. The van der Waals surface area contributed by atoms with Crippen LogP contribution in [0.3, 0.4) is 0 Å². The Morgan fingerprint density at radius 1 is 1.54 bits per heavy atom. The van der Waals surface area contributed by atoms with E-state index in [2.05, 4.69) is 10.3 Å². The van der Waals surface area contributed by atoms with Crippen molar-refractivity contribution < 1.29 is 4.74 Å². The van der Waals surface area contributed by atoms with E-state index in [1.807, 2.05) is 12.1 Å². The number of hydrogen-bond acceptors (Lipinski definition) is 4. The number of ether oxygens (including phenoxy) is 1. The molecule has 0 aliphatic carbocycles. The first-order chi connectivity index (χ1) is 6.36. The predicted octanol–water partition coefficient (Wildman–Crippen LogP) is 0.325. The molecule has 2 rings (SSSR count). The first-order valence-corrected chi connectivity index (χ1v) is 4.40. The average Bonchev–Trinajstić information content (AvgIpc) is 2.19. The Hall–Kier alpha value is -1.13. The standard InChI is InChI=1S/C9H13N3O/c10-9-3-1-2-7(12-9)8-6-13-5-4-11-8/h1-3,8,11H,4-6H2,(H2,10,12)/t8-/m0/s1. The first kappa shape index (κ1) is 8.47. The predicted molar refractivity (Wildman–Crippen MR) is 50.2 cm³/mol. The fourth-order valence-corrected chi connectivity index (χ4v) is 1.42. The maximum atomic E-state index is 5.59. The maximum absolute atomic E-state index is 5.59. The number of aromatic nitrogens is 1. The second kappa shape index (κ2) is 3.72. The second-order valence-corrected chi connectivity index (χ2v) is 3.07. The van der Waals surface area contributed by atoms with Gasteiger partial charge in [0.05, 0.1) is 24.9 Å². The molecule has 1 aliphatic rings. The Balaban J connectivity index is 2.14. The summed E-state index contributed by atoms with van der Waals surface area (Å²) in [6.45, 7) is 2.33. The summed E-state index contributed by atoms with van der Waals surface area (Å²) in [7, 11) is 0. The molecule has 1 aliphatic heterocycles. The molecule has 3 N–H and O–H groups in total. The zero-order valence-corrected chi connectivity index (χ0v) is 7.36. The highest BCUT2D eigenvalue weighted by atomic mass is 16.5. The van der Waals surface area contributed by atoms with Crippen molar-refractivity contribution in [3.63, 3.8) is 0 Å². The van der Waals surface area contributed by atoms with Crippen LogP contribution in [0.15, 0.2) is 18.2 Å². The molecular weight excluding hydrogens is 166 g/mol. The van der Waals surface area contributed by atoms with Crippen LogP contribution in [0.5, 0.6) is 0 Å². The third-order valence-electron chi connectivity index (χ3n) is 2.07. The van der Waals surface area contributed by atoms with Gasteiger partial charge >= 0.3 is 0 Å². The van der Waals surface area contributed by atoms with Crippen molar-refractivity contribution in [1.29, 1.82) is 0 Å². The number of pyridine rings is 1. The molecule has 0 unspecified atom stereocenters. The zero-order chi connectivity index (χ0) is 9.10. The number of anilines is 1. The number of nitrogens with zero attached hydrogens (tertiary/aromatic N) is 1. The van der Waals surface area contributed by atoms with E-state index in [1.165, 1.54) is 0 Å². The summed E-state index contributed by atoms with van der Waals surface area (Å²) in [4.78, 5) is 4.23. The van der Waals surface area contributed by atoms with Gasteiger partial charge in [-0.25, -0.2) is 4.98 Å². The van der Waals surface area contributed by atoms with Crippen molar-refractivity contribution >= 4 is 5.82 Å². The molecule has 1 aromatic heterocycles. The molecule has 1 atom stereocenters. The number of nitrogens with two attached hydrogens (primary N) is 1. The Morgan fingerprint density at radius 2 is 2.46 bits per heavy atom. The van der Waals surface area contributed by atoms with Gasteiger partial charge in [-0.3, -0.25) is 0 Å². The van der Waals surface area contributed by atoms with E-state index >= 15 is 0 Å². The van der Waals surface area contributed by atoms with Gasteiger partial charge in [-0.15, -0.1) is 0 Å². The molecular formula is C9H13N3O. The van der Waals surface area contributed by atoms with Gasteiger partial charge in [-0.05, 0) is 12.1 Å². The van der Waals surface area contributed by atoms with E-state index in [4.69, 9.17) is 10.5 Å². The molecule has 0 bridgehead atoms. The van der Waals surface area contributed by atoms with E-state index in [0.717, 1.165) is 18.8 Å². The molecule has 1 fully saturated rings. The SMILES string of the molecule is Nc1cccc([C@@H]2COCCN2)n1. The second-order valence-electron chi connectivity index (χ2n) is 3.07. The zero-order valence-electron chi connectivity index (χ0n) is 7.36. The molecule has 70 valence electrons. The lowest BCUT2D eigenvalue weighted by Gasteiger charge is -2.23. The van der Waals surface area contributed by atoms with E-state index in [0.29, 0.717) is 12.4 Å². The number of nitrogen functional groups attached to an aromatic ring is 1. The molecule has 0 amide bonds. The maximum Gasteiger partial charge on any atom is 0.123 e. The largest absolute Gasteiger partial charge is 0.384 e. The van der Waals surface area contributed by atoms with E-state index < -0.39 is 0 Å². The number of hydrogen-bond donors (Lipinski definition) is 2. The minimum atomic E-state index is 0.192. The van der Waals surface area contributed by atoms with Gasteiger partial charge < -0.3 is 15.8 Å². The molecule has 0 aromatic carbocycles. The monoisotopic (exact) mass is 179 g/mol. The van der Waals surface area contributed by atoms with Gasteiger partial charge in [0, 0.05) is 6.54 Å². The van der Waals surface area contributed by atoms with Gasteiger partial charge in [-0.2, -0.15) is 0 Å². The minimum Gasteiger partial charge on any atom is -0.384 e. The molecule has 13 heavy (non-hydrogen) atoms. The molecule has 2 heterocycles. The lowest BCUT2D eigenvalue weighted by atomic mass is 10.2. The molecule has 4 nitrogen and oxygen atoms in total. The van der Waals surface area contributed by atoms with Crippen LogP contribution in [0.25, 0.3) is 0 Å². The number of morpholine rings is 1. The fourth-order valence-electron chi connectivity index (χ4n) is 1.42. The van der Waals surface area contributed by atoms with Crippen molar-refractivity contribution in [2.45, 2.75) is 6.04 Å². The van der Waals surface area contributed by atoms with E-state index in [9.17, 15) is 0 Å². The smallest absolute Gasteiger partial charge is 0.123 e. The van der Waals surface area contributed by atoms with Gasteiger partial charge in [0.25, 0.3) is 0 Å². The van der Waals surface area contributed by atoms with Crippen LogP contribution in [-0.4, -0.2) is 24.7 Å². The quantitative estimate of drug-likeness (QED) is 0.652. The molecule has 1 aromatic rings. The number of nitrogens with one attached hydrogen (secondary N) is 1. The van der Waals surface area contributed by atoms with Gasteiger partial charge in [0.2, 0.25) is 0 Å². The third kappa shape index (κ3) is 1.96. The van der Waals surface area contributed by atoms with Crippen LogP contribution in [-0.2, 0) is 4.74 Å². The van der Waals surface area contributed by atoms with Crippen LogP contribution in [0.2, 0.25) is 0 Å². The summed E-state index contributed by atoms with van der Waals surface area (Å²) in [5.41, 5.74) is 6.54. The molecule has 4 heteroatoms. The van der Waals surface area contributed by atoms with Crippen molar-refractivity contribution in [3.05, 3.63) is 23.9 Å². The summed E-state index contributed by atoms with van der Waals surface area (Å²) >= 11 is 0. The van der Waals surface area contributed by atoms with E-state index in [1.54, 1.807) is 6.07 Å². The Morgan fingerprint density at radius 3 is 3.15 bits per heavy atom. The summed E-state index contributed by atoms with van der Waals surface area (Å²) < 4.78 is 5.33. The van der Waals surface area contributed by atoms with Crippen molar-refractivity contribution in [2.75, 3.05) is 25.5 Å². The molecule has 0 spiro atoms. The van der Waals surface area contributed by atoms with Crippen LogP contribution in [0.4, 0.5) is 5.82 Å². The van der Waals surface area contributed by atoms with Crippen LogP contribution >= 0.6 is 0 Å². The van der Waals surface area contributed by atoms with Gasteiger partial charge in [0.1, 0.15) is 5.82 Å².